The van der Waals surface area contributed by atoms with E-state index in [1.807, 2.05) is 42.5 Å². The number of nitrogens with zero attached hydrogens (tertiary/aromatic N) is 2. The first-order valence-electron chi connectivity index (χ1n) is 8.26. The molecule has 24 heavy (non-hydrogen) atoms. The third-order valence-corrected chi connectivity index (χ3v) is 4.78. The van der Waals surface area contributed by atoms with E-state index in [2.05, 4.69) is 22.9 Å². The van der Waals surface area contributed by atoms with Gasteiger partial charge in [-0.25, -0.2) is 0 Å². The molecule has 0 bridgehead atoms. The van der Waals surface area contributed by atoms with Gasteiger partial charge < -0.3 is 4.90 Å². The maximum Gasteiger partial charge on any atom is 0.193 e. The minimum Gasteiger partial charge on any atom is -0.304 e. The van der Waals surface area contributed by atoms with E-state index in [-0.39, 0.29) is 5.78 Å². The van der Waals surface area contributed by atoms with Crippen LogP contribution in [-0.4, -0.2) is 54.2 Å². The van der Waals surface area contributed by atoms with E-state index < -0.39 is 0 Å². The first-order chi connectivity index (χ1) is 11.7. The van der Waals surface area contributed by atoms with Crippen LogP contribution in [0.2, 0.25) is 0 Å². The Morgan fingerprint density at radius 3 is 2.58 bits per heavy atom. The fourth-order valence-corrected chi connectivity index (χ4v) is 3.24. The first kappa shape index (κ1) is 17.0. The summed E-state index contributed by atoms with van der Waals surface area (Å²) in [6.45, 7) is 5.23. The predicted octanol–water partition coefficient (Wildman–Crippen LogP) is 3.01. The normalized spacial score (nSPS) is 16.0. The maximum atomic E-state index is 12.8. The number of benzene rings is 2. The Kier molecular flexibility index (Phi) is 5.51. The minimum absolute atomic E-state index is 0.0342. The van der Waals surface area contributed by atoms with Crippen LogP contribution in [0.3, 0.4) is 0 Å². The van der Waals surface area contributed by atoms with Crippen molar-refractivity contribution in [2.45, 2.75) is 6.54 Å². The minimum atomic E-state index is 0.0342. The van der Waals surface area contributed by atoms with Crippen LogP contribution < -0.4 is 0 Å². The van der Waals surface area contributed by atoms with Crippen molar-refractivity contribution in [3.05, 3.63) is 70.8 Å². The number of likely N-dealkylation sites (N-methyl/N-ethyl adjacent to an activating group) is 1. The van der Waals surface area contributed by atoms with E-state index in [0.29, 0.717) is 5.56 Å². The smallest absolute Gasteiger partial charge is 0.193 e. The van der Waals surface area contributed by atoms with Crippen molar-refractivity contribution < 1.29 is 4.79 Å². The largest absolute Gasteiger partial charge is 0.304 e. The molecule has 124 valence electrons. The molecule has 0 radical (unpaired) electrons. The molecule has 0 spiro atoms. The molecule has 2 aromatic carbocycles. The highest BCUT2D eigenvalue weighted by Crippen LogP contribution is 2.16. The van der Waals surface area contributed by atoms with Crippen LogP contribution in [0.4, 0.5) is 0 Å². The zero-order valence-electron chi connectivity index (χ0n) is 13.9. The second kappa shape index (κ2) is 7.79. The van der Waals surface area contributed by atoms with Crippen LogP contribution >= 0.6 is 12.2 Å². The summed E-state index contributed by atoms with van der Waals surface area (Å²) in [5, 5.41) is 1.57. The van der Waals surface area contributed by atoms with Gasteiger partial charge in [-0.3, -0.25) is 9.69 Å². The summed E-state index contributed by atoms with van der Waals surface area (Å²) in [6, 6.07) is 15.5. The maximum absolute atomic E-state index is 12.8. The Hall–Kier alpha value is -1.88. The molecule has 4 heteroatoms. The van der Waals surface area contributed by atoms with E-state index in [0.717, 1.165) is 43.9 Å². The van der Waals surface area contributed by atoms with Crippen molar-refractivity contribution >= 4 is 23.4 Å². The van der Waals surface area contributed by atoms with E-state index >= 15 is 0 Å². The van der Waals surface area contributed by atoms with E-state index in [1.54, 1.807) is 5.37 Å². The molecule has 0 aliphatic carbocycles. The fourth-order valence-electron chi connectivity index (χ4n) is 3.04. The zero-order chi connectivity index (χ0) is 16.9. The second-order valence-electron chi connectivity index (χ2n) is 6.31. The van der Waals surface area contributed by atoms with Crippen molar-refractivity contribution in [2.75, 3.05) is 33.2 Å². The molecule has 0 saturated carbocycles. The molecule has 1 aliphatic rings. The predicted molar refractivity (Wildman–Crippen MR) is 102 cm³/mol. The van der Waals surface area contributed by atoms with Gasteiger partial charge >= 0.3 is 0 Å². The Morgan fingerprint density at radius 2 is 1.83 bits per heavy atom. The molecule has 0 atom stereocenters. The van der Waals surface area contributed by atoms with Gasteiger partial charge in [0.2, 0.25) is 0 Å². The van der Waals surface area contributed by atoms with Gasteiger partial charge in [0.05, 0.1) is 0 Å². The van der Waals surface area contributed by atoms with Gasteiger partial charge in [-0.1, -0.05) is 54.7 Å². The lowest BCUT2D eigenvalue weighted by Gasteiger charge is -2.32. The van der Waals surface area contributed by atoms with E-state index in [1.165, 1.54) is 5.56 Å². The van der Waals surface area contributed by atoms with Crippen LogP contribution in [0.25, 0.3) is 0 Å². The molecule has 0 aromatic heterocycles. The number of carbonyl (C=O) groups excluding carboxylic acids is 1. The van der Waals surface area contributed by atoms with Crippen LogP contribution in [0, 0.1) is 0 Å². The topological polar surface area (TPSA) is 23.6 Å². The quantitative estimate of drug-likeness (QED) is 0.618. The number of piperazine rings is 1. The number of hydrogen-bond donors (Lipinski definition) is 0. The number of thiocarbonyl (C=S) groups is 1. The average molecular weight is 338 g/mol. The molecule has 1 fully saturated rings. The molecule has 1 heterocycles. The number of hydrogen-bond acceptors (Lipinski definition) is 4. The number of carbonyl (C=O) groups is 1. The SMILES string of the molecule is CN1CCN(Cc2cccc(C(=O)c3ccccc3C=S)c2)CC1. The molecule has 1 saturated heterocycles. The molecular weight excluding hydrogens is 316 g/mol. The van der Waals surface area contributed by atoms with Gasteiger partial charge in [0.1, 0.15) is 0 Å². The monoisotopic (exact) mass is 338 g/mol. The molecule has 3 nitrogen and oxygen atoms in total. The molecule has 0 N–H and O–H groups in total. The van der Waals surface area contributed by atoms with Gasteiger partial charge in [0.15, 0.2) is 5.78 Å². The summed E-state index contributed by atoms with van der Waals surface area (Å²) in [6.07, 6.45) is 0. The molecule has 3 rings (SSSR count). The molecule has 0 amide bonds. The molecule has 0 unspecified atom stereocenters. The van der Waals surface area contributed by atoms with Gasteiger partial charge in [-0.2, -0.15) is 0 Å². The van der Waals surface area contributed by atoms with Crippen LogP contribution in [0.15, 0.2) is 48.5 Å². The second-order valence-corrected chi connectivity index (χ2v) is 6.55. The average Bonchev–Trinajstić information content (AvgIpc) is 2.63. The highest BCUT2D eigenvalue weighted by Gasteiger charge is 2.16. The van der Waals surface area contributed by atoms with Crippen LogP contribution in [-0.2, 0) is 6.54 Å². The number of rotatable bonds is 5. The summed E-state index contributed by atoms with van der Waals surface area (Å²) < 4.78 is 0. The van der Waals surface area contributed by atoms with Gasteiger partial charge in [-0.15, -0.1) is 0 Å². The fraction of sp³-hybridized carbons (Fsp3) is 0.300. The molecular formula is C20H22N2OS. The molecule has 2 aromatic rings. The van der Waals surface area contributed by atoms with Crippen molar-refractivity contribution in [2.24, 2.45) is 0 Å². The first-order valence-corrected chi connectivity index (χ1v) is 8.73. The lowest BCUT2D eigenvalue weighted by atomic mass is 9.98. The van der Waals surface area contributed by atoms with Crippen molar-refractivity contribution in [1.29, 1.82) is 0 Å². The molecule has 1 aliphatic heterocycles. The van der Waals surface area contributed by atoms with Crippen molar-refractivity contribution in [1.82, 2.24) is 9.80 Å². The summed E-state index contributed by atoms with van der Waals surface area (Å²) in [5.74, 6) is 0.0342. The highest BCUT2D eigenvalue weighted by molar-refractivity contribution is 7.79. The Bertz CT molecular complexity index is 736. The van der Waals surface area contributed by atoms with Crippen LogP contribution in [0.5, 0.6) is 0 Å². The standard InChI is InChI=1S/C20H22N2OS/c1-21-9-11-22(12-10-21)14-16-5-4-7-17(13-16)20(23)19-8-3-2-6-18(19)15-24/h2-8,13,15H,9-12,14H2,1H3. The van der Waals surface area contributed by atoms with Crippen molar-refractivity contribution in [3.8, 4) is 0 Å². The zero-order valence-corrected chi connectivity index (χ0v) is 14.8. The summed E-state index contributed by atoms with van der Waals surface area (Å²) in [5.41, 5.74) is 3.39. The lowest BCUT2D eigenvalue weighted by Crippen LogP contribution is -2.43. The van der Waals surface area contributed by atoms with E-state index in [4.69, 9.17) is 12.2 Å². The number of ketones is 1. The third-order valence-electron chi connectivity index (χ3n) is 4.52. The van der Waals surface area contributed by atoms with Crippen molar-refractivity contribution in [3.63, 3.8) is 0 Å². The van der Waals surface area contributed by atoms with E-state index in [9.17, 15) is 4.79 Å². The van der Waals surface area contributed by atoms with Gasteiger partial charge in [-0.05, 0) is 24.2 Å². The third kappa shape index (κ3) is 3.96. The van der Waals surface area contributed by atoms with Gasteiger partial charge in [0.25, 0.3) is 0 Å². The van der Waals surface area contributed by atoms with Crippen LogP contribution in [0.1, 0.15) is 27.0 Å². The summed E-state index contributed by atoms with van der Waals surface area (Å²) in [4.78, 5) is 17.6. The lowest BCUT2D eigenvalue weighted by molar-refractivity contribution is 0.103. The Balaban J connectivity index is 1.77. The van der Waals surface area contributed by atoms with Gasteiger partial charge in [0, 0.05) is 49.2 Å². The highest BCUT2D eigenvalue weighted by atomic mass is 32.1. The summed E-state index contributed by atoms with van der Waals surface area (Å²) in [7, 11) is 2.16. The summed E-state index contributed by atoms with van der Waals surface area (Å²) >= 11 is 5.03. The Morgan fingerprint density at radius 1 is 1.08 bits per heavy atom. The Labute approximate surface area is 148 Å².